The van der Waals surface area contributed by atoms with Crippen LogP contribution in [0.3, 0.4) is 0 Å². The van der Waals surface area contributed by atoms with Gasteiger partial charge in [0.2, 0.25) is 15.9 Å². The second-order valence-corrected chi connectivity index (χ2v) is 9.83. The van der Waals surface area contributed by atoms with Crippen LogP contribution >= 0.6 is 0 Å². The molecule has 0 unspecified atom stereocenters. The van der Waals surface area contributed by atoms with Crippen molar-refractivity contribution in [1.29, 1.82) is 0 Å². The molecule has 1 N–H and O–H groups in total. The second-order valence-electron chi connectivity index (χ2n) is 7.96. The zero-order valence-corrected chi connectivity index (χ0v) is 18.3. The molecule has 1 heterocycles. The average Bonchev–Trinajstić information content (AvgIpc) is 2.68. The van der Waals surface area contributed by atoms with Gasteiger partial charge in [-0.2, -0.15) is 4.31 Å². The third-order valence-electron chi connectivity index (χ3n) is 5.51. The van der Waals surface area contributed by atoms with Crippen molar-refractivity contribution in [2.45, 2.75) is 44.9 Å². The molecule has 0 aliphatic carbocycles. The van der Waals surface area contributed by atoms with Gasteiger partial charge in [-0.15, -0.1) is 0 Å². The summed E-state index contributed by atoms with van der Waals surface area (Å²) in [6.45, 7) is 6.90. The van der Waals surface area contributed by atoms with Crippen LogP contribution in [0.2, 0.25) is 0 Å². The standard InChI is InChI=1S/C23H30N2O3S/c1-17-14-18(2)22(19(3)15-17)29(27,28)25-13-7-10-21(16-25)23(26)24-12-11-20-8-5-4-6-9-20/h4-6,8-9,14-15,21H,7,10-13,16H2,1-3H3,(H,24,26)/t21-/m1/s1. The summed E-state index contributed by atoms with van der Waals surface area (Å²) in [4.78, 5) is 13.0. The number of aryl methyl sites for hydroxylation is 3. The largest absolute Gasteiger partial charge is 0.355 e. The summed E-state index contributed by atoms with van der Waals surface area (Å²) in [7, 11) is -3.62. The van der Waals surface area contributed by atoms with Gasteiger partial charge < -0.3 is 5.32 Å². The first-order valence-corrected chi connectivity index (χ1v) is 11.6. The van der Waals surface area contributed by atoms with E-state index in [9.17, 15) is 13.2 Å². The smallest absolute Gasteiger partial charge is 0.243 e. The van der Waals surface area contributed by atoms with Gasteiger partial charge in [0.05, 0.1) is 10.8 Å². The van der Waals surface area contributed by atoms with Crippen LogP contribution in [-0.2, 0) is 21.2 Å². The number of nitrogens with zero attached hydrogens (tertiary/aromatic N) is 1. The molecule has 1 aliphatic rings. The van der Waals surface area contributed by atoms with E-state index in [4.69, 9.17) is 0 Å². The monoisotopic (exact) mass is 414 g/mol. The molecule has 1 saturated heterocycles. The van der Waals surface area contributed by atoms with Crippen molar-refractivity contribution in [1.82, 2.24) is 9.62 Å². The van der Waals surface area contributed by atoms with Crippen molar-refractivity contribution in [3.8, 4) is 0 Å². The number of amides is 1. The maximum Gasteiger partial charge on any atom is 0.243 e. The average molecular weight is 415 g/mol. The summed E-state index contributed by atoms with van der Waals surface area (Å²) in [6.07, 6.45) is 2.18. The summed E-state index contributed by atoms with van der Waals surface area (Å²) in [5.74, 6) is -0.362. The summed E-state index contributed by atoms with van der Waals surface area (Å²) >= 11 is 0. The maximum absolute atomic E-state index is 13.3. The molecule has 5 nitrogen and oxygen atoms in total. The Labute approximate surface area is 174 Å². The number of hydrogen-bond donors (Lipinski definition) is 1. The lowest BCUT2D eigenvalue weighted by molar-refractivity contribution is -0.126. The maximum atomic E-state index is 13.3. The Hall–Kier alpha value is -2.18. The van der Waals surface area contributed by atoms with Gasteiger partial charge in [0.1, 0.15) is 0 Å². The van der Waals surface area contributed by atoms with E-state index in [-0.39, 0.29) is 18.4 Å². The fraction of sp³-hybridized carbons (Fsp3) is 0.435. The first-order chi connectivity index (χ1) is 13.8. The molecule has 0 saturated carbocycles. The minimum Gasteiger partial charge on any atom is -0.355 e. The number of nitrogens with one attached hydrogen (secondary N) is 1. The Morgan fingerprint density at radius 1 is 1.10 bits per heavy atom. The Balaban J connectivity index is 1.66. The highest BCUT2D eigenvalue weighted by molar-refractivity contribution is 7.89. The normalized spacial score (nSPS) is 17.8. The molecule has 1 aliphatic heterocycles. The number of benzene rings is 2. The lowest BCUT2D eigenvalue weighted by atomic mass is 9.99. The Morgan fingerprint density at radius 2 is 1.76 bits per heavy atom. The number of carbonyl (C=O) groups excluding carboxylic acids is 1. The van der Waals surface area contributed by atoms with Crippen molar-refractivity contribution in [3.05, 3.63) is 64.7 Å². The van der Waals surface area contributed by atoms with Crippen LogP contribution in [0.25, 0.3) is 0 Å². The van der Waals surface area contributed by atoms with Gasteiger partial charge in [0.15, 0.2) is 0 Å². The number of rotatable bonds is 6. The van der Waals surface area contributed by atoms with Crippen LogP contribution in [0.15, 0.2) is 47.4 Å². The van der Waals surface area contributed by atoms with Crippen molar-refractivity contribution < 1.29 is 13.2 Å². The molecule has 0 spiro atoms. The zero-order chi connectivity index (χ0) is 21.0. The van der Waals surface area contributed by atoms with E-state index in [1.54, 1.807) is 0 Å². The molecule has 1 fully saturated rings. The van der Waals surface area contributed by atoms with Crippen LogP contribution in [0.4, 0.5) is 0 Å². The highest BCUT2D eigenvalue weighted by atomic mass is 32.2. The van der Waals surface area contributed by atoms with Crippen molar-refractivity contribution in [2.24, 2.45) is 5.92 Å². The van der Waals surface area contributed by atoms with Crippen LogP contribution < -0.4 is 5.32 Å². The third-order valence-corrected chi connectivity index (χ3v) is 7.68. The van der Waals surface area contributed by atoms with E-state index in [1.165, 1.54) is 9.87 Å². The minimum atomic E-state index is -3.62. The molecular weight excluding hydrogens is 384 g/mol. The van der Waals surface area contributed by atoms with Crippen molar-refractivity contribution in [3.63, 3.8) is 0 Å². The molecule has 1 amide bonds. The van der Waals surface area contributed by atoms with E-state index in [2.05, 4.69) is 5.32 Å². The highest BCUT2D eigenvalue weighted by Crippen LogP contribution is 2.28. The SMILES string of the molecule is Cc1cc(C)c(S(=O)(=O)N2CCC[C@@H](C(=O)NCCc3ccccc3)C2)c(C)c1. The van der Waals surface area contributed by atoms with Gasteiger partial charge in [-0.05, 0) is 56.7 Å². The summed E-state index contributed by atoms with van der Waals surface area (Å²) in [5, 5.41) is 2.98. The second kappa shape index (κ2) is 9.09. The highest BCUT2D eigenvalue weighted by Gasteiger charge is 2.34. The molecule has 2 aromatic rings. The number of sulfonamides is 1. The van der Waals surface area contributed by atoms with Gasteiger partial charge in [-0.25, -0.2) is 8.42 Å². The van der Waals surface area contributed by atoms with E-state index in [0.717, 1.165) is 29.5 Å². The van der Waals surface area contributed by atoms with Gasteiger partial charge >= 0.3 is 0 Å². The minimum absolute atomic E-state index is 0.0572. The van der Waals surface area contributed by atoms with E-state index in [0.29, 0.717) is 24.4 Å². The van der Waals surface area contributed by atoms with Gasteiger partial charge in [0, 0.05) is 19.6 Å². The quantitative estimate of drug-likeness (QED) is 0.788. The Morgan fingerprint density at radius 3 is 2.41 bits per heavy atom. The molecule has 2 aromatic carbocycles. The lowest BCUT2D eigenvalue weighted by Crippen LogP contribution is -2.46. The molecule has 0 radical (unpaired) electrons. The third kappa shape index (κ3) is 5.06. The first kappa shape index (κ1) is 21.5. The fourth-order valence-corrected chi connectivity index (χ4v) is 6.13. The Kier molecular flexibility index (Phi) is 6.75. The van der Waals surface area contributed by atoms with Crippen LogP contribution in [-0.4, -0.2) is 38.3 Å². The number of carbonyl (C=O) groups is 1. The molecule has 6 heteroatoms. The van der Waals surface area contributed by atoms with E-state index < -0.39 is 10.0 Å². The predicted octanol–water partition coefficient (Wildman–Crippen LogP) is 3.37. The summed E-state index contributed by atoms with van der Waals surface area (Å²) in [5.41, 5.74) is 3.74. The zero-order valence-electron chi connectivity index (χ0n) is 17.4. The van der Waals surface area contributed by atoms with Crippen LogP contribution in [0.5, 0.6) is 0 Å². The topological polar surface area (TPSA) is 66.5 Å². The molecular formula is C23H30N2O3S. The van der Waals surface area contributed by atoms with Gasteiger partial charge in [0.25, 0.3) is 0 Å². The van der Waals surface area contributed by atoms with Crippen molar-refractivity contribution in [2.75, 3.05) is 19.6 Å². The predicted molar refractivity (Wildman–Crippen MR) is 115 cm³/mol. The van der Waals surface area contributed by atoms with Gasteiger partial charge in [-0.3, -0.25) is 4.79 Å². The van der Waals surface area contributed by atoms with Crippen molar-refractivity contribution >= 4 is 15.9 Å². The fourth-order valence-electron chi connectivity index (χ4n) is 4.20. The Bertz CT molecular complexity index is 948. The molecule has 1 atom stereocenters. The van der Waals surface area contributed by atoms with E-state index in [1.807, 2.05) is 63.2 Å². The number of piperidine rings is 1. The molecule has 0 aromatic heterocycles. The van der Waals surface area contributed by atoms with Crippen LogP contribution in [0.1, 0.15) is 35.1 Å². The summed E-state index contributed by atoms with van der Waals surface area (Å²) in [6, 6.07) is 13.8. The first-order valence-electron chi connectivity index (χ1n) is 10.2. The van der Waals surface area contributed by atoms with Gasteiger partial charge in [-0.1, -0.05) is 48.0 Å². The molecule has 29 heavy (non-hydrogen) atoms. The summed E-state index contributed by atoms with van der Waals surface area (Å²) < 4.78 is 28.1. The van der Waals surface area contributed by atoms with E-state index >= 15 is 0 Å². The number of hydrogen-bond acceptors (Lipinski definition) is 3. The van der Waals surface area contributed by atoms with Crippen LogP contribution in [0, 0.1) is 26.7 Å². The molecule has 0 bridgehead atoms. The lowest BCUT2D eigenvalue weighted by Gasteiger charge is -2.32. The molecule has 156 valence electrons. The molecule has 3 rings (SSSR count).